The maximum atomic E-state index is 11.2. The molecule has 2 atom stereocenters. The standard InChI is InChI=1S/C19H19Cl2N3O2.C18H17Cl2N3O2/c1-2-9-19(25,11-24-13-22-12-23-24)17-8-7-16(10-18(17)21)26-15-5-3-14(20)4-6-15;1-2-18(24,10-23-12-21-11-22-23)16-8-7-15(9-17(16)20)25-14-5-3-13(19)4-6-14/h3-8,10,12-13,25H,2,9,11H2,1H3;3-9,11-12,24H,2,10H2,1H3. The quantitative estimate of drug-likeness (QED) is 0.119. The first kappa shape index (κ1) is 38.1. The largest absolute Gasteiger partial charge is 0.457 e. The molecule has 2 unspecified atom stereocenters. The maximum absolute atomic E-state index is 11.2. The number of hydrogen-bond acceptors (Lipinski definition) is 8. The van der Waals surface area contributed by atoms with Crippen molar-refractivity contribution < 1.29 is 19.7 Å². The van der Waals surface area contributed by atoms with Gasteiger partial charge in [0.25, 0.3) is 0 Å². The summed E-state index contributed by atoms with van der Waals surface area (Å²) < 4.78 is 14.7. The Hall–Kier alpha value is -4.16. The Kier molecular flexibility index (Phi) is 13.0. The lowest BCUT2D eigenvalue weighted by molar-refractivity contribution is 0.00558. The summed E-state index contributed by atoms with van der Waals surface area (Å²) in [5, 5.41) is 32.5. The Morgan fingerprint density at radius 1 is 0.588 bits per heavy atom. The van der Waals surface area contributed by atoms with Gasteiger partial charge in [0.2, 0.25) is 0 Å². The lowest BCUT2D eigenvalue weighted by Crippen LogP contribution is -2.32. The van der Waals surface area contributed by atoms with Crippen molar-refractivity contribution in [3.8, 4) is 23.0 Å². The van der Waals surface area contributed by atoms with Gasteiger partial charge in [-0.05, 0) is 85.6 Å². The van der Waals surface area contributed by atoms with Gasteiger partial charge in [-0.1, -0.05) is 78.8 Å². The number of nitrogens with zero attached hydrogens (tertiary/aromatic N) is 6. The van der Waals surface area contributed by atoms with E-state index >= 15 is 0 Å². The second-order valence-corrected chi connectivity index (χ2v) is 13.4. The van der Waals surface area contributed by atoms with Gasteiger partial charge in [0.15, 0.2) is 0 Å². The highest BCUT2D eigenvalue weighted by atomic mass is 35.5. The van der Waals surface area contributed by atoms with E-state index in [9.17, 15) is 10.2 Å². The molecule has 0 saturated heterocycles. The van der Waals surface area contributed by atoms with Crippen LogP contribution in [0.5, 0.6) is 23.0 Å². The minimum atomic E-state index is -1.15. The van der Waals surface area contributed by atoms with Gasteiger partial charge >= 0.3 is 0 Å². The van der Waals surface area contributed by atoms with Gasteiger partial charge in [0.05, 0.1) is 23.1 Å². The van der Waals surface area contributed by atoms with Gasteiger partial charge in [-0.15, -0.1) is 0 Å². The molecule has 6 aromatic rings. The molecule has 14 heteroatoms. The third-order valence-electron chi connectivity index (χ3n) is 8.01. The van der Waals surface area contributed by atoms with E-state index < -0.39 is 11.2 Å². The van der Waals surface area contributed by atoms with Crippen LogP contribution in [0.2, 0.25) is 20.1 Å². The average Bonchev–Trinajstić information content (AvgIpc) is 3.82. The van der Waals surface area contributed by atoms with E-state index in [0.29, 0.717) is 67.1 Å². The van der Waals surface area contributed by atoms with Crippen LogP contribution in [0.3, 0.4) is 0 Å². The van der Waals surface area contributed by atoms with Crippen LogP contribution in [0.25, 0.3) is 0 Å². The summed E-state index contributed by atoms with van der Waals surface area (Å²) in [6.07, 6.45) is 7.83. The molecule has 0 amide bonds. The minimum absolute atomic E-state index is 0.264. The van der Waals surface area contributed by atoms with Gasteiger partial charge in [-0.2, -0.15) is 10.2 Å². The van der Waals surface area contributed by atoms with Gasteiger partial charge in [0.1, 0.15) is 59.5 Å². The molecule has 0 aliphatic heterocycles. The Balaban J connectivity index is 0.000000198. The first-order valence-electron chi connectivity index (χ1n) is 16.1. The Morgan fingerprint density at radius 2 is 1.00 bits per heavy atom. The van der Waals surface area contributed by atoms with E-state index in [1.54, 1.807) is 107 Å². The fourth-order valence-corrected chi connectivity index (χ4v) is 6.36. The van der Waals surface area contributed by atoms with Gasteiger partial charge in [-0.25, -0.2) is 19.3 Å². The molecular weight excluding hydrogens is 734 g/mol. The maximum Gasteiger partial charge on any atom is 0.137 e. The summed E-state index contributed by atoms with van der Waals surface area (Å²) in [6, 6.07) is 24.6. The number of aromatic nitrogens is 6. The average molecular weight is 771 g/mol. The van der Waals surface area contributed by atoms with Gasteiger partial charge in [-0.3, -0.25) is 0 Å². The zero-order valence-electron chi connectivity index (χ0n) is 27.8. The van der Waals surface area contributed by atoms with E-state index in [1.165, 1.54) is 12.7 Å². The van der Waals surface area contributed by atoms with E-state index in [0.717, 1.165) is 6.42 Å². The van der Waals surface area contributed by atoms with E-state index in [-0.39, 0.29) is 13.1 Å². The fourth-order valence-electron chi connectivity index (χ4n) is 5.42. The van der Waals surface area contributed by atoms with Crippen molar-refractivity contribution in [3.63, 3.8) is 0 Å². The lowest BCUT2D eigenvalue weighted by atomic mass is 9.89. The van der Waals surface area contributed by atoms with E-state index in [2.05, 4.69) is 20.2 Å². The molecule has 0 spiro atoms. The summed E-state index contributed by atoms with van der Waals surface area (Å²) in [4.78, 5) is 7.83. The van der Waals surface area contributed by atoms with Crippen LogP contribution < -0.4 is 9.47 Å². The van der Waals surface area contributed by atoms with Crippen molar-refractivity contribution in [3.05, 3.63) is 141 Å². The predicted octanol–water partition coefficient (Wildman–Crippen LogP) is 9.74. The van der Waals surface area contributed by atoms with Crippen molar-refractivity contribution in [2.75, 3.05) is 0 Å². The molecule has 0 aliphatic carbocycles. The van der Waals surface area contributed by atoms with Crippen molar-refractivity contribution in [2.24, 2.45) is 0 Å². The molecule has 266 valence electrons. The van der Waals surface area contributed by atoms with E-state index in [4.69, 9.17) is 55.9 Å². The van der Waals surface area contributed by atoms with Crippen LogP contribution in [-0.2, 0) is 24.3 Å². The van der Waals surface area contributed by atoms with Crippen LogP contribution >= 0.6 is 46.4 Å². The zero-order chi connectivity index (χ0) is 36.4. The summed E-state index contributed by atoms with van der Waals surface area (Å²) in [5.41, 5.74) is -1.03. The van der Waals surface area contributed by atoms with Crippen LogP contribution in [0, 0.1) is 0 Å². The lowest BCUT2D eigenvalue weighted by Gasteiger charge is -2.29. The highest BCUT2D eigenvalue weighted by molar-refractivity contribution is 6.32. The summed E-state index contributed by atoms with van der Waals surface area (Å²) in [5.74, 6) is 2.47. The van der Waals surface area contributed by atoms with Crippen LogP contribution in [-0.4, -0.2) is 39.7 Å². The number of aliphatic hydroxyl groups is 2. The second kappa shape index (κ2) is 17.4. The monoisotopic (exact) mass is 768 g/mol. The third kappa shape index (κ3) is 10.2. The summed E-state index contributed by atoms with van der Waals surface area (Å²) >= 11 is 24.6. The van der Waals surface area contributed by atoms with Gasteiger partial charge in [0, 0.05) is 21.2 Å². The molecule has 4 aromatic carbocycles. The third-order valence-corrected chi connectivity index (χ3v) is 9.14. The molecule has 2 heterocycles. The smallest absolute Gasteiger partial charge is 0.137 e. The summed E-state index contributed by atoms with van der Waals surface area (Å²) in [6.45, 7) is 4.45. The summed E-state index contributed by atoms with van der Waals surface area (Å²) in [7, 11) is 0. The highest BCUT2D eigenvalue weighted by Gasteiger charge is 2.32. The van der Waals surface area contributed by atoms with Crippen molar-refractivity contribution in [2.45, 2.75) is 57.4 Å². The SMILES string of the molecule is CCC(O)(Cn1cncn1)c1ccc(Oc2ccc(Cl)cc2)cc1Cl.CCCC(O)(Cn1cncn1)c1ccc(Oc2ccc(Cl)cc2)cc1Cl. The molecule has 2 N–H and O–H groups in total. The molecule has 51 heavy (non-hydrogen) atoms. The second-order valence-electron chi connectivity index (χ2n) is 11.7. The Morgan fingerprint density at radius 3 is 1.37 bits per heavy atom. The normalized spacial score (nSPS) is 13.4. The molecule has 0 radical (unpaired) electrons. The molecule has 0 saturated carbocycles. The number of ether oxygens (including phenoxy) is 2. The van der Waals surface area contributed by atoms with Crippen LogP contribution in [0.4, 0.5) is 0 Å². The zero-order valence-corrected chi connectivity index (χ0v) is 30.9. The topological polar surface area (TPSA) is 120 Å². The number of benzene rings is 4. The Bertz CT molecular complexity index is 1980. The van der Waals surface area contributed by atoms with Crippen molar-refractivity contribution in [1.29, 1.82) is 0 Å². The first-order valence-corrected chi connectivity index (χ1v) is 17.6. The molecular formula is C37H36Cl4N6O4. The molecule has 0 bridgehead atoms. The van der Waals surface area contributed by atoms with Crippen LogP contribution in [0.15, 0.2) is 110 Å². The van der Waals surface area contributed by atoms with Crippen molar-refractivity contribution >= 4 is 46.4 Å². The fraction of sp³-hybridized carbons (Fsp3) is 0.243. The molecule has 0 fully saturated rings. The highest BCUT2D eigenvalue weighted by Crippen LogP contribution is 2.38. The Labute approximate surface area is 316 Å². The molecule has 10 nitrogen and oxygen atoms in total. The number of hydrogen-bond donors (Lipinski definition) is 2. The number of halogens is 4. The molecule has 0 aliphatic rings. The predicted molar refractivity (Wildman–Crippen MR) is 199 cm³/mol. The first-order chi connectivity index (χ1) is 24.5. The van der Waals surface area contributed by atoms with Gasteiger partial charge < -0.3 is 19.7 Å². The van der Waals surface area contributed by atoms with E-state index in [1.807, 2.05) is 13.8 Å². The molecule has 2 aromatic heterocycles. The minimum Gasteiger partial charge on any atom is -0.457 e. The number of rotatable bonds is 13. The molecule has 6 rings (SSSR count). The van der Waals surface area contributed by atoms with Crippen molar-refractivity contribution in [1.82, 2.24) is 29.5 Å². The van der Waals surface area contributed by atoms with Crippen LogP contribution in [0.1, 0.15) is 44.2 Å².